The Morgan fingerprint density at radius 1 is 1.17 bits per heavy atom. The van der Waals surface area contributed by atoms with Crippen LogP contribution >= 0.6 is 0 Å². The predicted octanol–water partition coefficient (Wildman–Crippen LogP) is 4.20. The largest absolute Gasteiger partial charge is 0.457 e. The van der Waals surface area contributed by atoms with Crippen LogP contribution in [0.4, 0.5) is 10.2 Å². The lowest BCUT2D eigenvalue weighted by Crippen LogP contribution is -2.39. The number of rotatable bonds is 7. The molecule has 4 aromatic rings. The number of nitrogen functional groups attached to an aromatic ring is 1. The summed E-state index contributed by atoms with van der Waals surface area (Å²) in [5, 5.41) is 18.2. The third-order valence-corrected chi connectivity index (χ3v) is 7.57. The summed E-state index contributed by atoms with van der Waals surface area (Å²) >= 11 is 0. The summed E-state index contributed by atoms with van der Waals surface area (Å²) in [5.41, 5.74) is 7.38. The van der Waals surface area contributed by atoms with Crippen molar-refractivity contribution in [3.63, 3.8) is 0 Å². The van der Waals surface area contributed by atoms with Crippen molar-refractivity contribution < 1.29 is 13.9 Å². The van der Waals surface area contributed by atoms with Gasteiger partial charge in [0.05, 0.1) is 18.0 Å². The van der Waals surface area contributed by atoms with Crippen LogP contribution in [0.5, 0.6) is 11.5 Å². The van der Waals surface area contributed by atoms with Gasteiger partial charge in [0.2, 0.25) is 0 Å². The molecule has 41 heavy (non-hydrogen) atoms. The zero-order valence-electron chi connectivity index (χ0n) is 22.3. The number of carbonyl (C=O) groups excluding carboxylic acids is 1. The molecule has 208 valence electrons. The van der Waals surface area contributed by atoms with E-state index in [0.717, 1.165) is 32.2 Å². The molecule has 10 nitrogen and oxygen atoms in total. The molecular weight excluding hydrogens is 523 g/mol. The van der Waals surface area contributed by atoms with E-state index in [1.165, 1.54) is 12.4 Å². The Balaban J connectivity index is 1.30. The molecule has 2 aromatic carbocycles. The number of amides is 1. The van der Waals surface area contributed by atoms with E-state index in [1.807, 2.05) is 18.2 Å². The SMILES string of the molecule is N#C/C(=C\[C@H]1CCCN1)C(=O)N1CCC[C@@H]1Cn1nc(-c2ccc(Oc3ccccc3)cc2F)c2c(N)ncnc21. The van der Waals surface area contributed by atoms with Gasteiger partial charge in [-0.15, -0.1) is 0 Å². The number of likely N-dealkylation sites (tertiary alicyclic amines) is 1. The van der Waals surface area contributed by atoms with Crippen LogP contribution in [-0.2, 0) is 11.3 Å². The van der Waals surface area contributed by atoms with Crippen molar-refractivity contribution in [1.82, 2.24) is 30.0 Å². The van der Waals surface area contributed by atoms with E-state index in [-0.39, 0.29) is 34.9 Å². The summed E-state index contributed by atoms with van der Waals surface area (Å²) in [6.07, 6.45) is 6.55. The van der Waals surface area contributed by atoms with Crippen LogP contribution in [0.25, 0.3) is 22.3 Å². The summed E-state index contributed by atoms with van der Waals surface area (Å²) in [7, 11) is 0. The number of anilines is 1. The second-order valence-corrected chi connectivity index (χ2v) is 10.2. The number of ether oxygens (including phenoxy) is 1. The molecule has 0 bridgehead atoms. The first-order valence-corrected chi connectivity index (χ1v) is 13.7. The van der Waals surface area contributed by atoms with Crippen molar-refractivity contribution >= 4 is 22.8 Å². The van der Waals surface area contributed by atoms with E-state index in [0.29, 0.717) is 41.3 Å². The maximum atomic E-state index is 15.5. The first-order valence-electron chi connectivity index (χ1n) is 13.7. The Morgan fingerprint density at radius 2 is 2.02 bits per heavy atom. The monoisotopic (exact) mass is 552 g/mol. The van der Waals surface area contributed by atoms with E-state index in [4.69, 9.17) is 15.6 Å². The van der Waals surface area contributed by atoms with Gasteiger partial charge in [0.25, 0.3) is 5.91 Å². The van der Waals surface area contributed by atoms with E-state index < -0.39 is 5.82 Å². The number of para-hydroxylation sites is 1. The molecule has 1 amide bonds. The molecule has 2 aliphatic heterocycles. The maximum Gasteiger partial charge on any atom is 0.264 e. The fourth-order valence-corrected chi connectivity index (χ4v) is 5.58. The maximum absolute atomic E-state index is 15.5. The molecule has 6 rings (SSSR count). The van der Waals surface area contributed by atoms with E-state index >= 15 is 4.39 Å². The second-order valence-electron chi connectivity index (χ2n) is 10.2. The molecule has 2 atom stereocenters. The fraction of sp³-hybridized carbons (Fsp3) is 0.300. The zero-order chi connectivity index (χ0) is 28.3. The second kappa shape index (κ2) is 11.3. The van der Waals surface area contributed by atoms with E-state index in [9.17, 15) is 10.1 Å². The zero-order valence-corrected chi connectivity index (χ0v) is 22.3. The van der Waals surface area contributed by atoms with Crippen LogP contribution in [0.2, 0.25) is 0 Å². The number of hydrogen-bond acceptors (Lipinski definition) is 8. The number of fused-ring (bicyclic) bond motifs is 1. The molecule has 0 radical (unpaired) electrons. The molecule has 0 aliphatic carbocycles. The molecule has 2 aromatic heterocycles. The van der Waals surface area contributed by atoms with Crippen molar-refractivity contribution in [2.75, 3.05) is 18.8 Å². The van der Waals surface area contributed by atoms with Crippen LogP contribution in [-0.4, -0.2) is 55.7 Å². The van der Waals surface area contributed by atoms with Gasteiger partial charge < -0.3 is 20.7 Å². The highest BCUT2D eigenvalue weighted by Crippen LogP contribution is 2.35. The van der Waals surface area contributed by atoms with Gasteiger partial charge in [-0.2, -0.15) is 10.4 Å². The minimum Gasteiger partial charge on any atom is -0.457 e. The van der Waals surface area contributed by atoms with Gasteiger partial charge in [0, 0.05) is 24.2 Å². The number of aromatic nitrogens is 4. The first-order chi connectivity index (χ1) is 20.0. The smallest absolute Gasteiger partial charge is 0.264 e. The fourth-order valence-electron chi connectivity index (χ4n) is 5.58. The van der Waals surface area contributed by atoms with Gasteiger partial charge in [-0.25, -0.2) is 19.0 Å². The summed E-state index contributed by atoms with van der Waals surface area (Å²) in [6, 6.07) is 15.6. The first kappa shape index (κ1) is 26.4. The number of nitrogens with two attached hydrogens (primary N) is 1. The Morgan fingerprint density at radius 3 is 2.78 bits per heavy atom. The van der Waals surface area contributed by atoms with Gasteiger partial charge in [-0.1, -0.05) is 18.2 Å². The number of nitrogens with zero attached hydrogens (tertiary/aromatic N) is 6. The molecule has 0 spiro atoms. The Kier molecular flexibility index (Phi) is 7.31. The van der Waals surface area contributed by atoms with E-state index in [2.05, 4.69) is 21.4 Å². The molecule has 4 heterocycles. The summed E-state index contributed by atoms with van der Waals surface area (Å²) in [5.74, 6) is 0.305. The number of hydrogen-bond donors (Lipinski definition) is 2. The molecular formula is C30H29FN8O2. The van der Waals surface area contributed by atoms with Crippen molar-refractivity contribution in [2.45, 2.75) is 44.3 Å². The van der Waals surface area contributed by atoms with Crippen LogP contribution < -0.4 is 15.8 Å². The molecule has 2 aliphatic rings. The topological polar surface area (TPSA) is 135 Å². The average Bonchev–Trinajstić information content (AvgIpc) is 3.74. The normalized spacial score (nSPS) is 19.0. The Bertz CT molecular complexity index is 1660. The van der Waals surface area contributed by atoms with Gasteiger partial charge in [-0.05, 0) is 62.6 Å². The van der Waals surface area contributed by atoms with Crippen molar-refractivity contribution in [2.24, 2.45) is 0 Å². The molecule has 0 saturated carbocycles. The minimum absolute atomic E-state index is 0.0336. The standard InChI is InChI=1S/C30H29FN8O2/c31-25-15-23(41-22-8-2-1-3-9-22)10-11-24(25)27-26-28(33)35-18-36-29(26)39(37-27)17-21-7-5-13-38(21)30(40)19(16-32)14-20-6-4-12-34-20/h1-3,8-11,14-15,18,20-21,34H,4-7,12-13,17H2,(H2,33,35,36)/b19-14+/t20-,21-/m1/s1. The summed E-state index contributed by atoms with van der Waals surface area (Å²) in [6.45, 7) is 1.74. The quantitative estimate of drug-likeness (QED) is 0.257. The Hall–Kier alpha value is -4.82. The highest BCUT2D eigenvalue weighted by molar-refractivity contribution is 5.99. The number of halogens is 1. The summed E-state index contributed by atoms with van der Waals surface area (Å²) < 4.78 is 22.9. The predicted molar refractivity (Wildman–Crippen MR) is 151 cm³/mol. The van der Waals surface area contributed by atoms with Crippen LogP contribution in [0.15, 0.2) is 66.5 Å². The van der Waals surface area contributed by atoms with Gasteiger partial charge in [0.15, 0.2) is 5.65 Å². The third kappa shape index (κ3) is 5.34. The van der Waals surface area contributed by atoms with Gasteiger partial charge in [0.1, 0.15) is 46.8 Å². The van der Waals surface area contributed by atoms with E-state index in [1.54, 1.807) is 39.9 Å². The van der Waals surface area contributed by atoms with Crippen molar-refractivity contribution in [3.05, 3.63) is 72.3 Å². The van der Waals surface area contributed by atoms with Gasteiger partial charge >= 0.3 is 0 Å². The van der Waals surface area contributed by atoms with Crippen LogP contribution in [0.3, 0.4) is 0 Å². The molecule has 11 heteroatoms. The summed E-state index contributed by atoms with van der Waals surface area (Å²) in [4.78, 5) is 23.7. The minimum atomic E-state index is -0.532. The lowest BCUT2D eigenvalue weighted by atomic mass is 10.1. The lowest BCUT2D eigenvalue weighted by molar-refractivity contribution is -0.127. The number of nitriles is 1. The Labute approximate surface area is 236 Å². The van der Waals surface area contributed by atoms with Gasteiger partial charge in [-0.3, -0.25) is 4.79 Å². The highest BCUT2D eigenvalue weighted by atomic mass is 19.1. The number of benzene rings is 2. The number of carbonyl (C=O) groups is 1. The molecule has 0 unspecified atom stereocenters. The van der Waals surface area contributed by atoms with Crippen LogP contribution in [0.1, 0.15) is 25.7 Å². The molecule has 2 saturated heterocycles. The lowest BCUT2D eigenvalue weighted by Gasteiger charge is -2.24. The highest BCUT2D eigenvalue weighted by Gasteiger charge is 2.33. The third-order valence-electron chi connectivity index (χ3n) is 7.57. The van der Waals surface area contributed by atoms with Crippen molar-refractivity contribution in [3.8, 4) is 28.8 Å². The molecule has 2 fully saturated rings. The van der Waals surface area contributed by atoms with Crippen molar-refractivity contribution in [1.29, 1.82) is 5.26 Å². The van der Waals surface area contributed by atoms with Crippen LogP contribution in [0, 0.1) is 17.1 Å². The number of nitrogens with one attached hydrogen (secondary N) is 1. The molecule has 3 N–H and O–H groups in total. The average molecular weight is 553 g/mol.